The number of benzene rings is 2. The van der Waals surface area contributed by atoms with Gasteiger partial charge < -0.3 is 16.0 Å². The number of anilines is 3. The number of hydrogen-bond donors (Lipinski definition) is 4. The number of hydrogen-bond acceptors (Lipinski definition) is 7. The van der Waals surface area contributed by atoms with Crippen LogP contribution in [0.5, 0.6) is 0 Å². The zero-order valence-corrected chi connectivity index (χ0v) is 22.1. The van der Waals surface area contributed by atoms with Crippen molar-refractivity contribution in [1.29, 1.82) is 0 Å². The molecule has 2 amide bonds. The van der Waals surface area contributed by atoms with Crippen LogP contribution in [0.1, 0.15) is 25.0 Å². The van der Waals surface area contributed by atoms with E-state index in [1.807, 2.05) is 44.2 Å². The van der Waals surface area contributed by atoms with Crippen molar-refractivity contribution in [3.05, 3.63) is 78.1 Å². The van der Waals surface area contributed by atoms with Gasteiger partial charge in [0.25, 0.3) is 0 Å². The van der Waals surface area contributed by atoms with Crippen molar-refractivity contribution in [2.75, 3.05) is 17.7 Å². The summed E-state index contributed by atoms with van der Waals surface area (Å²) in [4.78, 5) is 25.0. The molecule has 10 nitrogen and oxygen atoms in total. The third kappa shape index (κ3) is 6.13. The molecular formula is C27H29N7O3S. The van der Waals surface area contributed by atoms with Crippen LogP contribution >= 0.6 is 0 Å². The van der Waals surface area contributed by atoms with Crippen molar-refractivity contribution in [1.82, 2.24) is 20.3 Å². The van der Waals surface area contributed by atoms with Crippen molar-refractivity contribution in [3.8, 4) is 22.5 Å². The Balaban J connectivity index is 1.62. The highest BCUT2D eigenvalue weighted by molar-refractivity contribution is 7.89. The molecule has 38 heavy (non-hydrogen) atoms. The van der Waals surface area contributed by atoms with Crippen molar-refractivity contribution in [2.24, 2.45) is 5.14 Å². The summed E-state index contributed by atoms with van der Waals surface area (Å²) in [5.41, 5.74) is 5.93. The number of amides is 2. The maximum atomic E-state index is 12.2. The number of aromatic nitrogens is 3. The van der Waals surface area contributed by atoms with E-state index in [1.54, 1.807) is 37.6 Å². The van der Waals surface area contributed by atoms with Gasteiger partial charge in [0.2, 0.25) is 16.0 Å². The molecule has 4 rings (SSSR count). The Bertz CT molecular complexity index is 1570. The molecule has 2 aromatic heterocycles. The van der Waals surface area contributed by atoms with Crippen LogP contribution in [0.4, 0.5) is 22.1 Å². The first-order valence-corrected chi connectivity index (χ1v) is 13.6. The summed E-state index contributed by atoms with van der Waals surface area (Å²) in [6.07, 6.45) is 4.54. The fourth-order valence-corrected chi connectivity index (χ4v) is 5.03. The van der Waals surface area contributed by atoms with Gasteiger partial charge in [-0.3, -0.25) is 4.98 Å². The summed E-state index contributed by atoms with van der Waals surface area (Å²) < 4.78 is 24.5. The highest BCUT2D eigenvalue weighted by Gasteiger charge is 2.18. The highest BCUT2D eigenvalue weighted by Crippen LogP contribution is 2.28. The molecule has 0 unspecified atom stereocenters. The Kier molecular flexibility index (Phi) is 7.99. The first kappa shape index (κ1) is 26.7. The number of nitrogens with two attached hydrogens (primary N) is 1. The van der Waals surface area contributed by atoms with Crippen molar-refractivity contribution >= 4 is 33.4 Å². The number of nitrogens with one attached hydrogen (secondary N) is 3. The van der Waals surface area contributed by atoms with Gasteiger partial charge in [0.1, 0.15) is 0 Å². The standard InChI is InChI=1S/C27H29N7O3S/c1-4-17-14-21(16-25(22(17)5-2)38(28,36)37)32-26-31-13-11-23(34-26)19-10-12-30-24(15-19)18-6-8-20(9-7-18)33-27(35)29-3/h6-16H,4-5H2,1-3H3,(H2,28,36,37)(H2,29,33,35)(H,31,32,34). The summed E-state index contributed by atoms with van der Waals surface area (Å²) in [5.74, 6) is 0.317. The summed E-state index contributed by atoms with van der Waals surface area (Å²) >= 11 is 0. The normalized spacial score (nSPS) is 11.2. The monoisotopic (exact) mass is 531 g/mol. The third-order valence-electron chi connectivity index (χ3n) is 5.98. The lowest BCUT2D eigenvalue weighted by molar-refractivity contribution is 0.254. The summed E-state index contributed by atoms with van der Waals surface area (Å²) in [6, 6.07) is 16.0. The van der Waals surface area contributed by atoms with Crippen LogP contribution in [0.2, 0.25) is 0 Å². The van der Waals surface area contributed by atoms with E-state index in [0.29, 0.717) is 35.9 Å². The second kappa shape index (κ2) is 11.4. The number of sulfonamides is 1. The summed E-state index contributed by atoms with van der Waals surface area (Å²) in [5, 5.41) is 13.9. The lowest BCUT2D eigenvalue weighted by atomic mass is 10.0. The van der Waals surface area contributed by atoms with Crippen LogP contribution in [0.15, 0.2) is 71.9 Å². The van der Waals surface area contributed by atoms with E-state index in [-0.39, 0.29) is 10.9 Å². The van der Waals surface area contributed by atoms with Crippen LogP contribution < -0.4 is 21.1 Å². The third-order valence-corrected chi connectivity index (χ3v) is 6.95. The molecule has 196 valence electrons. The Morgan fingerprint density at radius 3 is 2.26 bits per heavy atom. The van der Waals surface area contributed by atoms with E-state index in [4.69, 9.17) is 5.14 Å². The topological polar surface area (TPSA) is 152 Å². The minimum atomic E-state index is -3.90. The molecule has 0 aliphatic carbocycles. The Hall–Kier alpha value is -4.35. The fraction of sp³-hybridized carbons (Fsp3) is 0.185. The molecular weight excluding hydrogens is 502 g/mol. The fourth-order valence-electron chi connectivity index (χ4n) is 4.12. The number of nitrogens with zero attached hydrogens (tertiary/aromatic N) is 3. The molecule has 0 bridgehead atoms. The lowest BCUT2D eigenvalue weighted by Crippen LogP contribution is -2.24. The van der Waals surface area contributed by atoms with Crippen LogP contribution in [0, 0.1) is 0 Å². The number of urea groups is 1. The van der Waals surface area contributed by atoms with Gasteiger partial charge in [-0.1, -0.05) is 26.0 Å². The van der Waals surface area contributed by atoms with E-state index in [1.165, 1.54) is 6.07 Å². The average molecular weight is 532 g/mol. The van der Waals surface area contributed by atoms with Crippen molar-refractivity contribution in [3.63, 3.8) is 0 Å². The lowest BCUT2D eigenvalue weighted by Gasteiger charge is -2.15. The molecule has 0 aliphatic rings. The first-order valence-electron chi connectivity index (χ1n) is 12.1. The zero-order valence-electron chi connectivity index (χ0n) is 21.3. The van der Waals surface area contributed by atoms with Crippen molar-refractivity contribution < 1.29 is 13.2 Å². The van der Waals surface area contributed by atoms with Gasteiger partial charge in [-0.15, -0.1) is 0 Å². The number of rotatable bonds is 8. The molecule has 0 saturated heterocycles. The Labute approximate surface area is 221 Å². The molecule has 0 aliphatic heterocycles. The molecule has 11 heteroatoms. The smallest absolute Gasteiger partial charge is 0.318 e. The van der Waals surface area contributed by atoms with Crippen LogP contribution in [0.3, 0.4) is 0 Å². The van der Waals surface area contributed by atoms with Gasteiger partial charge in [0, 0.05) is 41.9 Å². The maximum Gasteiger partial charge on any atom is 0.318 e. The predicted octanol–water partition coefficient (Wildman–Crippen LogP) is 4.47. The van der Waals surface area contributed by atoms with E-state index in [2.05, 4.69) is 30.9 Å². The number of carbonyl (C=O) groups is 1. The van der Waals surface area contributed by atoms with Gasteiger partial charge in [-0.05, 0) is 66.4 Å². The molecule has 0 atom stereocenters. The van der Waals surface area contributed by atoms with Crippen LogP contribution in [-0.4, -0.2) is 36.4 Å². The molecule has 0 radical (unpaired) electrons. The largest absolute Gasteiger partial charge is 0.341 e. The minimum absolute atomic E-state index is 0.105. The second-order valence-electron chi connectivity index (χ2n) is 8.47. The molecule has 0 fully saturated rings. The number of primary sulfonamides is 1. The molecule has 0 spiro atoms. The van der Waals surface area contributed by atoms with Gasteiger partial charge in [0.15, 0.2) is 0 Å². The second-order valence-corrected chi connectivity index (χ2v) is 10.00. The SMILES string of the molecule is CCc1cc(Nc2nccc(-c3ccnc(-c4ccc(NC(=O)NC)cc4)c3)n2)cc(S(N)(=O)=O)c1CC. The van der Waals surface area contributed by atoms with Crippen LogP contribution in [-0.2, 0) is 22.9 Å². The van der Waals surface area contributed by atoms with E-state index in [9.17, 15) is 13.2 Å². The molecule has 0 saturated carbocycles. The number of pyridine rings is 1. The van der Waals surface area contributed by atoms with Gasteiger partial charge >= 0.3 is 6.03 Å². The summed E-state index contributed by atoms with van der Waals surface area (Å²) in [6.45, 7) is 3.87. The van der Waals surface area contributed by atoms with Gasteiger partial charge in [0.05, 0.1) is 16.3 Å². The van der Waals surface area contributed by atoms with E-state index >= 15 is 0 Å². The van der Waals surface area contributed by atoms with Gasteiger partial charge in [-0.2, -0.15) is 0 Å². The average Bonchev–Trinajstić information content (AvgIpc) is 2.92. The van der Waals surface area contributed by atoms with E-state index < -0.39 is 10.0 Å². The quantitative estimate of drug-likeness (QED) is 0.262. The predicted molar refractivity (Wildman–Crippen MR) is 149 cm³/mol. The zero-order chi connectivity index (χ0) is 27.3. The Morgan fingerprint density at radius 1 is 0.868 bits per heavy atom. The van der Waals surface area contributed by atoms with Crippen molar-refractivity contribution in [2.45, 2.75) is 31.6 Å². The molecule has 2 aromatic carbocycles. The highest BCUT2D eigenvalue weighted by atomic mass is 32.2. The van der Waals surface area contributed by atoms with Gasteiger partial charge in [-0.25, -0.2) is 28.3 Å². The Morgan fingerprint density at radius 2 is 1.61 bits per heavy atom. The van der Waals surface area contributed by atoms with E-state index in [0.717, 1.165) is 27.9 Å². The summed E-state index contributed by atoms with van der Waals surface area (Å²) in [7, 11) is -2.34. The molecule has 2 heterocycles. The van der Waals surface area contributed by atoms with Crippen LogP contribution in [0.25, 0.3) is 22.5 Å². The first-order chi connectivity index (χ1) is 18.2. The molecule has 5 N–H and O–H groups in total. The minimum Gasteiger partial charge on any atom is -0.341 e. The number of aryl methyl sites for hydroxylation is 1. The maximum absolute atomic E-state index is 12.2. The number of carbonyl (C=O) groups excluding carboxylic acids is 1. The molecule has 4 aromatic rings.